The monoisotopic (exact) mass is 331 g/mol. The van der Waals surface area contributed by atoms with Crippen molar-refractivity contribution in [3.63, 3.8) is 0 Å². The summed E-state index contributed by atoms with van der Waals surface area (Å²) < 4.78 is 10.5. The summed E-state index contributed by atoms with van der Waals surface area (Å²) in [5, 5.41) is 11.0. The number of rotatable bonds is 4. The van der Waals surface area contributed by atoms with E-state index in [-0.39, 0.29) is 12.0 Å². The molecule has 128 valence electrons. The molecular formula is C16H21N5O3. The molecule has 4 rings (SSSR count). The zero-order valence-electron chi connectivity index (χ0n) is 13.5. The first-order valence-corrected chi connectivity index (χ1v) is 8.37. The third-order valence-corrected chi connectivity index (χ3v) is 4.69. The predicted octanol–water partition coefficient (Wildman–Crippen LogP) is 1.21. The molecule has 2 aromatic heterocycles. The Labute approximate surface area is 139 Å². The first kappa shape index (κ1) is 15.3. The van der Waals surface area contributed by atoms with Gasteiger partial charge in [-0.2, -0.15) is 5.10 Å². The lowest BCUT2D eigenvalue weighted by Crippen LogP contribution is -2.48. The first-order valence-electron chi connectivity index (χ1n) is 8.37. The van der Waals surface area contributed by atoms with Crippen LogP contribution in [0.5, 0.6) is 0 Å². The fraction of sp³-hybridized carbons (Fsp3) is 0.562. The Morgan fingerprint density at radius 2 is 2.21 bits per heavy atom. The van der Waals surface area contributed by atoms with Gasteiger partial charge in [0.05, 0.1) is 29.3 Å². The lowest BCUT2D eigenvalue weighted by Gasteiger charge is -2.34. The van der Waals surface area contributed by atoms with Gasteiger partial charge in [-0.05, 0) is 12.8 Å². The molecule has 0 aliphatic carbocycles. The SMILES string of the molecule is O=C(c1cn[nH]c1C1CCCO1)N1CCN(Cc2ccon2)CC1. The summed E-state index contributed by atoms with van der Waals surface area (Å²) in [5.74, 6) is 0.0373. The Kier molecular flexibility index (Phi) is 4.31. The third-order valence-electron chi connectivity index (χ3n) is 4.69. The van der Waals surface area contributed by atoms with Crippen LogP contribution >= 0.6 is 0 Å². The van der Waals surface area contributed by atoms with Gasteiger partial charge in [0.25, 0.3) is 5.91 Å². The van der Waals surface area contributed by atoms with Crippen molar-refractivity contribution < 1.29 is 14.1 Å². The smallest absolute Gasteiger partial charge is 0.257 e. The summed E-state index contributed by atoms with van der Waals surface area (Å²) in [7, 11) is 0. The van der Waals surface area contributed by atoms with Gasteiger partial charge >= 0.3 is 0 Å². The minimum Gasteiger partial charge on any atom is -0.372 e. The van der Waals surface area contributed by atoms with Crippen molar-refractivity contribution in [2.75, 3.05) is 32.8 Å². The summed E-state index contributed by atoms with van der Waals surface area (Å²) in [6, 6.07) is 1.87. The molecule has 8 nitrogen and oxygen atoms in total. The van der Waals surface area contributed by atoms with E-state index in [1.54, 1.807) is 12.5 Å². The van der Waals surface area contributed by atoms with Crippen LogP contribution in [0.2, 0.25) is 0 Å². The van der Waals surface area contributed by atoms with E-state index in [9.17, 15) is 4.79 Å². The normalized spacial score (nSPS) is 22.2. The van der Waals surface area contributed by atoms with Crippen LogP contribution in [-0.4, -0.2) is 63.8 Å². The largest absolute Gasteiger partial charge is 0.372 e. The van der Waals surface area contributed by atoms with E-state index in [0.29, 0.717) is 18.7 Å². The number of H-pyrrole nitrogens is 1. The molecule has 2 aliphatic rings. The molecule has 8 heteroatoms. The molecule has 4 heterocycles. The molecule has 1 unspecified atom stereocenters. The van der Waals surface area contributed by atoms with Crippen LogP contribution in [-0.2, 0) is 11.3 Å². The van der Waals surface area contributed by atoms with E-state index in [0.717, 1.165) is 50.5 Å². The number of piperazine rings is 1. The molecular weight excluding hydrogens is 310 g/mol. The molecule has 1 N–H and O–H groups in total. The zero-order chi connectivity index (χ0) is 16.4. The molecule has 1 atom stereocenters. The maximum absolute atomic E-state index is 12.8. The average molecular weight is 331 g/mol. The van der Waals surface area contributed by atoms with Gasteiger partial charge in [-0.3, -0.25) is 14.8 Å². The van der Waals surface area contributed by atoms with E-state index in [1.165, 1.54) is 0 Å². The second-order valence-electron chi connectivity index (χ2n) is 6.26. The quantitative estimate of drug-likeness (QED) is 0.906. The van der Waals surface area contributed by atoms with Gasteiger partial charge in [-0.1, -0.05) is 5.16 Å². The molecule has 0 bridgehead atoms. The maximum atomic E-state index is 12.8. The second kappa shape index (κ2) is 6.74. The van der Waals surface area contributed by atoms with E-state index < -0.39 is 0 Å². The minimum absolute atomic E-state index is 0.0279. The number of amides is 1. The molecule has 2 aromatic rings. The van der Waals surface area contributed by atoms with Gasteiger partial charge < -0.3 is 14.2 Å². The van der Waals surface area contributed by atoms with Crippen LogP contribution in [0.25, 0.3) is 0 Å². The van der Waals surface area contributed by atoms with Crippen LogP contribution in [0.4, 0.5) is 0 Å². The fourth-order valence-corrected chi connectivity index (χ4v) is 3.34. The van der Waals surface area contributed by atoms with Gasteiger partial charge in [0, 0.05) is 45.4 Å². The van der Waals surface area contributed by atoms with Gasteiger partial charge in [-0.25, -0.2) is 0 Å². The standard InChI is InChI=1S/C16H21N5O3/c22-16(13-10-17-18-15(13)14-2-1-8-23-14)21-6-4-20(5-7-21)11-12-3-9-24-19-12/h3,9-10,14H,1-2,4-8,11H2,(H,17,18). The highest BCUT2D eigenvalue weighted by molar-refractivity contribution is 5.95. The number of hydrogen-bond donors (Lipinski definition) is 1. The molecule has 2 aliphatic heterocycles. The zero-order valence-corrected chi connectivity index (χ0v) is 13.5. The highest BCUT2D eigenvalue weighted by atomic mass is 16.5. The summed E-state index contributed by atoms with van der Waals surface area (Å²) in [4.78, 5) is 17.0. The average Bonchev–Trinajstić information content (AvgIpc) is 3.36. The topological polar surface area (TPSA) is 87.5 Å². The lowest BCUT2D eigenvalue weighted by molar-refractivity contribution is 0.0613. The number of aromatic amines is 1. The van der Waals surface area contributed by atoms with Crippen molar-refractivity contribution in [1.29, 1.82) is 0 Å². The number of hydrogen-bond acceptors (Lipinski definition) is 6. The predicted molar refractivity (Wildman–Crippen MR) is 84.2 cm³/mol. The number of ether oxygens (including phenoxy) is 1. The van der Waals surface area contributed by atoms with E-state index in [4.69, 9.17) is 9.26 Å². The van der Waals surface area contributed by atoms with E-state index in [1.807, 2.05) is 11.0 Å². The van der Waals surface area contributed by atoms with Crippen LogP contribution in [0.15, 0.2) is 23.0 Å². The van der Waals surface area contributed by atoms with Crippen molar-refractivity contribution in [2.45, 2.75) is 25.5 Å². The lowest BCUT2D eigenvalue weighted by atomic mass is 10.1. The van der Waals surface area contributed by atoms with Gasteiger partial charge in [0.2, 0.25) is 0 Å². The van der Waals surface area contributed by atoms with Gasteiger partial charge in [-0.15, -0.1) is 0 Å². The van der Waals surface area contributed by atoms with Crippen molar-refractivity contribution in [2.24, 2.45) is 0 Å². The number of aromatic nitrogens is 3. The Hall–Kier alpha value is -2.19. The summed E-state index contributed by atoms with van der Waals surface area (Å²) in [5.41, 5.74) is 2.39. The summed E-state index contributed by atoms with van der Waals surface area (Å²) >= 11 is 0. The summed E-state index contributed by atoms with van der Waals surface area (Å²) in [6.07, 6.45) is 5.15. The summed E-state index contributed by atoms with van der Waals surface area (Å²) in [6.45, 7) is 4.56. The molecule has 2 fully saturated rings. The van der Waals surface area contributed by atoms with Crippen LogP contribution in [0, 0.1) is 0 Å². The number of carbonyl (C=O) groups is 1. The highest BCUT2D eigenvalue weighted by Gasteiger charge is 2.29. The van der Waals surface area contributed by atoms with Crippen LogP contribution < -0.4 is 0 Å². The number of nitrogens with one attached hydrogen (secondary N) is 1. The van der Waals surface area contributed by atoms with Crippen LogP contribution in [0.3, 0.4) is 0 Å². The third kappa shape index (κ3) is 3.07. The molecule has 2 saturated heterocycles. The Morgan fingerprint density at radius 1 is 1.33 bits per heavy atom. The van der Waals surface area contributed by atoms with Crippen molar-refractivity contribution >= 4 is 5.91 Å². The maximum Gasteiger partial charge on any atom is 0.257 e. The molecule has 0 radical (unpaired) electrons. The highest BCUT2D eigenvalue weighted by Crippen LogP contribution is 2.29. The number of nitrogens with zero attached hydrogens (tertiary/aromatic N) is 4. The van der Waals surface area contributed by atoms with Crippen LogP contribution in [0.1, 0.15) is 40.7 Å². The fourth-order valence-electron chi connectivity index (χ4n) is 3.34. The van der Waals surface area contributed by atoms with Gasteiger partial charge in [0.15, 0.2) is 0 Å². The Bertz CT molecular complexity index is 670. The molecule has 0 aromatic carbocycles. The van der Waals surface area contributed by atoms with Gasteiger partial charge in [0.1, 0.15) is 6.26 Å². The second-order valence-corrected chi connectivity index (χ2v) is 6.26. The minimum atomic E-state index is -0.0279. The molecule has 24 heavy (non-hydrogen) atoms. The van der Waals surface area contributed by atoms with E-state index >= 15 is 0 Å². The van der Waals surface area contributed by atoms with Crippen molar-refractivity contribution in [3.05, 3.63) is 35.5 Å². The Morgan fingerprint density at radius 3 is 2.92 bits per heavy atom. The molecule has 0 saturated carbocycles. The Balaban J connectivity index is 1.37. The van der Waals surface area contributed by atoms with Crippen molar-refractivity contribution in [1.82, 2.24) is 25.2 Å². The van der Waals surface area contributed by atoms with Crippen molar-refractivity contribution in [3.8, 4) is 0 Å². The molecule has 0 spiro atoms. The van der Waals surface area contributed by atoms with E-state index in [2.05, 4.69) is 20.3 Å². The number of carbonyl (C=O) groups excluding carboxylic acids is 1. The molecule has 1 amide bonds. The first-order chi connectivity index (χ1) is 11.8.